The molecule has 0 atom stereocenters. The first kappa shape index (κ1) is 19.0. The number of aryl methyl sites for hydroxylation is 1. The van der Waals surface area contributed by atoms with Gasteiger partial charge in [-0.25, -0.2) is 0 Å². The first-order valence-corrected chi connectivity index (χ1v) is 11.8. The van der Waals surface area contributed by atoms with Crippen molar-refractivity contribution in [1.29, 1.82) is 0 Å². The molecule has 0 unspecified atom stereocenters. The summed E-state index contributed by atoms with van der Waals surface area (Å²) in [6.07, 6.45) is 0. The number of benzene rings is 5. The molecule has 1 heterocycles. The van der Waals surface area contributed by atoms with E-state index in [4.69, 9.17) is 0 Å². The van der Waals surface area contributed by atoms with Crippen LogP contribution in [0.3, 0.4) is 0 Å². The van der Waals surface area contributed by atoms with Gasteiger partial charge in [-0.05, 0) is 74.5 Å². The van der Waals surface area contributed by atoms with Crippen molar-refractivity contribution in [2.45, 2.75) is 6.92 Å². The number of hydrogen-bond donors (Lipinski definition) is 0. The Labute approximate surface area is 192 Å². The molecule has 0 N–H and O–H groups in total. The Morgan fingerprint density at radius 2 is 0.938 bits per heavy atom. The van der Waals surface area contributed by atoms with E-state index in [1.807, 2.05) is 11.3 Å². The van der Waals surface area contributed by atoms with Gasteiger partial charge in [-0.2, -0.15) is 0 Å². The highest BCUT2D eigenvalue weighted by Gasteiger charge is 2.14. The summed E-state index contributed by atoms with van der Waals surface area (Å²) in [6.45, 7) is 2.24. The molecule has 0 fully saturated rings. The van der Waals surface area contributed by atoms with Gasteiger partial charge in [0.05, 0.1) is 0 Å². The molecule has 0 radical (unpaired) electrons. The maximum Gasteiger partial charge on any atom is 0.0349 e. The van der Waals surface area contributed by atoms with Crippen molar-refractivity contribution in [3.05, 3.63) is 121 Å². The summed E-state index contributed by atoms with van der Waals surface area (Å²) in [6, 6.07) is 41.7. The summed E-state index contributed by atoms with van der Waals surface area (Å²) in [4.78, 5) is 2.60. The van der Waals surface area contributed by atoms with Gasteiger partial charge in [0.25, 0.3) is 0 Å². The van der Waals surface area contributed by atoms with Crippen molar-refractivity contribution < 1.29 is 0 Å². The predicted molar refractivity (Wildman–Crippen MR) is 140 cm³/mol. The molecule has 0 saturated heterocycles. The van der Waals surface area contributed by atoms with Crippen LogP contribution in [0.5, 0.6) is 0 Å². The Bertz CT molecular complexity index is 1510. The molecule has 0 saturated carbocycles. The number of rotatable bonds is 3. The van der Waals surface area contributed by atoms with Crippen LogP contribution in [0.2, 0.25) is 0 Å². The molecule has 0 bridgehead atoms. The second-order valence-electron chi connectivity index (χ2n) is 8.20. The first-order valence-electron chi connectivity index (χ1n) is 11.0. The van der Waals surface area contributed by atoms with Gasteiger partial charge in [-0.15, -0.1) is 11.3 Å². The molecule has 0 aliphatic carbocycles. The van der Waals surface area contributed by atoms with Gasteiger partial charge in [-0.3, -0.25) is 0 Å². The minimum atomic E-state index is 1.27. The number of hydrogen-bond acceptors (Lipinski definition) is 1. The molecule has 32 heavy (non-hydrogen) atoms. The van der Waals surface area contributed by atoms with E-state index in [2.05, 4.69) is 122 Å². The summed E-state index contributed by atoms with van der Waals surface area (Å²) in [5.74, 6) is 0. The van der Waals surface area contributed by atoms with Crippen molar-refractivity contribution in [3.63, 3.8) is 0 Å². The van der Waals surface area contributed by atoms with Crippen LogP contribution in [0.1, 0.15) is 5.56 Å². The minimum absolute atomic E-state index is 1.27. The van der Waals surface area contributed by atoms with Gasteiger partial charge in [0.1, 0.15) is 0 Å². The molecule has 0 aliphatic heterocycles. The maximum atomic E-state index is 2.35. The zero-order chi connectivity index (χ0) is 21.5. The van der Waals surface area contributed by atoms with Gasteiger partial charge in [-0.1, -0.05) is 97.1 Å². The van der Waals surface area contributed by atoms with Crippen LogP contribution < -0.4 is 0 Å². The quantitative estimate of drug-likeness (QED) is 0.247. The Morgan fingerprint density at radius 3 is 1.59 bits per heavy atom. The third kappa shape index (κ3) is 3.14. The zero-order valence-electron chi connectivity index (χ0n) is 17.9. The lowest BCUT2D eigenvalue weighted by molar-refractivity contribution is 1.57. The third-order valence-corrected chi connectivity index (χ3v) is 7.48. The fourth-order valence-corrected chi connectivity index (χ4v) is 5.74. The van der Waals surface area contributed by atoms with Crippen LogP contribution in [0.25, 0.3) is 53.6 Å². The molecule has 6 aromatic rings. The van der Waals surface area contributed by atoms with Crippen LogP contribution in [0.4, 0.5) is 0 Å². The van der Waals surface area contributed by atoms with E-state index in [-0.39, 0.29) is 0 Å². The summed E-state index contributed by atoms with van der Waals surface area (Å²) in [5, 5.41) is 5.29. The highest BCUT2D eigenvalue weighted by Crippen LogP contribution is 2.41. The summed E-state index contributed by atoms with van der Waals surface area (Å²) in [7, 11) is 0. The maximum absolute atomic E-state index is 2.35. The monoisotopic (exact) mass is 426 g/mol. The highest BCUT2D eigenvalue weighted by atomic mass is 32.1. The van der Waals surface area contributed by atoms with Crippen LogP contribution in [-0.2, 0) is 0 Å². The lowest BCUT2D eigenvalue weighted by Gasteiger charge is -2.15. The van der Waals surface area contributed by atoms with Gasteiger partial charge in [0.15, 0.2) is 0 Å². The smallest absolute Gasteiger partial charge is 0.0349 e. The van der Waals surface area contributed by atoms with Crippen LogP contribution in [-0.4, -0.2) is 0 Å². The SMILES string of the molecule is Cc1c2ccccc2c(-c2cccc(-c3ccc(-c4ccccc4)s3)c2)c2ccccc12. The van der Waals surface area contributed by atoms with Crippen LogP contribution >= 0.6 is 11.3 Å². The van der Waals surface area contributed by atoms with Crippen molar-refractivity contribution in [2.75, 3.05) is 0 Å². The van der Waals surface area contributed by atoms with Crippen LogP contribution in [0.15, 0.2) is 115 Å². The normalized spacial score (nSPS) is 11.3. The van der Waals surface area contributed by atoms with Gasteiger partial charge in [0, 0.05) is 9.75 Å². The Morgan fingerprint density at radius 1 is 0.438 bits per heavy atom. The average Bonchev–Trinajstić information content (AvgIpc) is 3.36. The molecule has 5 aromatic carbocycles. The minimum Gasteiger partial charge on any atom is -0.135 e. The fourth-order valence-electron chi connectivity index (χ4n) is 4.74. The van der Waals surface area contributed by atoms with Crippen molar-refractivity contribution in [2.24, 2.45) is 0 Å². The number of fused-ring (bicyclic) bond motifs is 2. The largest absolute Gasteiger partial charge is 0.135 e. The zero-order valence-corrected chi connectivity index (χ0v) is 18.7. The van der Waals surface area contributed by atoms with Gasteiger partial charge >= 0.3 is 0 Å². The van der Waals surface area contributed by atoms with E-state index >= 15 is 0 Å². The summed E-state index contributed by atoms with van der Waals surface area (Å²) in [5.41, 5.74) is 6.48. The molecule has 1 heteroatoms. The van der Waals surface area contributed by atoms with E-state index in [9.17, 15) is 0 Å². The molecular formula is C31H22S. The highest BCUT2D eigenvalue weighted by molar-refractivity contribution is 7.18. The second-order valence-corrected chi connectivity index (χ2v) is 9.29. The van der Waals surface area contributed by atoms with Crippen molar-refractivity contribution >= 4 is 32.9 Å². The molecule has 1 aromatic heterocycles. The molecule has 0 nitrogen and oxygen atoms in total. The lowest BCUT2D eigenvalue weighted by Crippen LogP contribution is -1.89. The standard InChI is InChI=1S/C31H22S/c1-21-25-14-5-7-16-27(25)31(28-17-8-6-15-26(21)28)24-13-9-12-23(20-24)30-19-18-29(32-30)22-10-3-2-4-11-22/h2-20H,1H3. The van der Waals surface area contributed by atoms with Gasteiger partial charge in [0.2, 0.25) is 0 Å². The summed E-state index contributed by atoms with van der Waals surface area (Å²) >= 11 is 1.85. The van der Waals surface area contributed by atoms with E-state index < -0.39 is 0 Å². The first-order chi connectivity index (χ1) is 15.8. The topological polar surface area (TPSA) is 0 Å². The van der Waals surface area contributed by atoms with E-state index in [0.717, 1.165) is 0 Å². The molecule has 0 amide bonds. The molecular weight excluding hydrogens is 404 g/mol. The van der Waals surface area contributed by atoms with Gasteiger partial charge < -0.3 is 0 Å². The van der Waals surface area contributed by atoms with Crippen LogP contribution in [0, 0.1) is 6.92 Å². The van der Waals surface area contributed by atoms with Crippen molar-refractivity contribution in [1.82, 2.24) is 0 Å². The number of thiophene rings is 1. The fraction of sp³-hybridized carbons (Fsp3) is 0.0323. The third-order valence-electron chi connectivity index (χ3n) is 6.30. The lowest BCUT2D eigenvalue weighted by atomic mass is 9.88. The molecule has 0 aliphatic rings. The van der Waals surface area contributed by atoms with E-state index in [1.54, 1.807) is 0 Å². The average molecular weight is 427 g/mol. The Kier molecular flexibility index (Phi) is 4.63. The molecule has 152 valence electrons. The molecule has 6 rings (SSSR count). The Hall–Kier alpha value is -3.68. The van der Waals surface area contributed by atoms with E-state index in [1.165, 1.54) is 59.1 Å². The predicted octanol–water partition coefficient (Wildman–Crippen LogP) is 9.36. The summed E-state index contributed by atoms with van der Waals surface area (Å²) < 4.78 is 0. The Balaban J connectivity index is 1.55. The van der Waals surface area contributed by atoms with E-state index in [0.29, 0.717) is 0 Å². The molecule has 0 spiro atoms. The second kappa shape index (κ2) is 7.78. The van der Waals surface area contributed by atoms with Crippen molar-refractivity contribution in [3.8, 4) is 32.0 Å².